The van der Waals surface area contributed by atoms with Gasteiger partial charge in [-0.25, -0.2) is 8.42 Å². The van der Waals surface area contributed by atoms with Crippen molar-refractivity contribution in [3.8, 4) is 11.4 Å². The maximum atomic E-state index is 12.9. The first-order valence-electron chi connectivity index (χ1n) is 9.01. The summed E-state index contributed by atoms with van der Waals surface area (Å²) in [5.74, 6) is 0.697. The van der Waals surface area contributed by atoms with E-state index in [0.717, 1.165) is 17.8 Å². The highest BCUT2D eigenvalue weighted by atomic mass is 32.2. The summed E-state index contributed by atoms with van der Waals surface area (Å²) >= 11 is 1.14. The zero-order chi connectivity index (χ0) is 19.6. The molecule has 0 aliphatic carbocycles. The van der Waals surface area contributed by atoms with E-state index >= 15 is 0 Å². The second-order valence-electron chi connectivity index (χ2n) is 6.79. The maximum absolute atomic E-state index is 12.9. The van der Waals surface area contributed by atoms with E-state index in [4.69, 9.17) is 4.52 Å². The van der Waals surface area contributed by atoms with Crippen molar-refractivity contribution in [3.63, 3.8) is 0 Å². The first-order valence-corrected chi connectivity index (χ1v) is 11.3. The fraction of sp³-hybridized carbons (Fsp3) is 0.588. The molecule has 0 saturated carbocycles. The lowest BCUT2D eigenvalue weighted by molar-refractivity contribution is -0.126. The van der Waals surface area contributed by atoms with Crippen LogP contribution in [0, 0.1) is 12.8 Å². The highest BCUT2D eigenvalue weighted by molar-refractivity contribution is 7.91. The van der Waals surface area contributed by atoms with E-state index in [-0.39, 0.29) is 22.1 Å². The zero-order valence-electron chi connectivity index (χ0n) is 15.6. The van der Waals surface area contributed by atoms with E-state index in [1.165, 1.54) is 4.31 Å². The average Bonchev–Trinajstić information content (AvgIpc) is 3.31. The van der Waals surface area contributed by atoms with Crippen molar-refractivity contribution in [2.45, 2.75) is 50.3 Å². The number of carbonyl (C=O) groups excluding carboxylic acids is 1. The zero-order valence-corrected chi connectivity index (χ0v) is 17.3. The van der Waals surface area contributed by atoms with Crippen LogP contribution in [0.25, 0.3) is 11.4 Å². The molecule has 3 heterocycles. The molecule has 0 unspecified atom stereocenters. The minimum Gasteiger partial charge on any atom is -0.353 e. The quantitative estimate of drug-likeness (QED) is 0.781. The predicted octanol–water partition coefficient (Wildman–Crippen LogP) is 2.42. The highest BCUT2D eigenvalue weighted by Gasteiger charge is 2.33. The molecule has 1 saturated heterocycles. The monoisotopic (exact) mass is 412 g/mol. The van der Waals surface area contributed by atoms with Crippen molar-refractivity contribution < 1.29 is 17.7 Å². The van der Waals surface area contributed by atoms with Crippen LogP contribution in [0.2, 0.25) is 0 Å². The molecular formula is C17H24N4O4S2. The fourth-order valence-corrected chi connectivity index (χ4v) is 5.71. The summed E-state index contributed by atoms with van der Waals surface area (Å²) in [5, 5.41) is 8.51. The number of rotatable bonds is 6. The molecule has 1 aliphatic rings. The van der Waals surface area contributed by atoms with Gasteiger partial charge in [-0.05, 0) is 32.3 Å². The van der Waals surface area contributed by atoms with Gasteiger partial charge < -0.3 is 9.84 Å². The summed E-state index contributed by atoms with van der Waals surface area (Å²) in [6.07, 6.45) is 1.94. The Balaban J connectivity index is 1.65. The van der Waals surface area contributed by atoms with Crippen LogP contribution in [0.5, 0.6) is 0 Å². The lowest BCUT2D eigenvalue weighted by atomic mass is 9.97. The Hall–Kier alpha value is -1.78. The lowest BCUT2D eigenvalue weighted by Crippen LogP contribution is -2.44. The van der Waals surface area contributed by atoms with E-state index in [1.54, 1.807) is 18.4 Å². The van der Waals surface area contributed by atoms with Crippen LogP contribution in [0.4, 0.5) is 0 Å². The molecule has 1 amide bonds. The molecule has 10 heteroatoms. The molecule has 1 fully saturated rings. The normalized spacial score (nSPS) is 17.7. The molecule has 1 atom stereocenters. The van der Waals surface area contributed by atoms with E-state index in [2.05, 4.69) is 15.5 Å². The predicted molar refractivity (Wildman–Crippen MR) is 102 cm³/mol. The van der Waals surface area contributed by atoms with Crippen molar-refractivity contribution in [2.75, 3.05) is 13.1 Å². The summed E-state index contributed by atoms with van der Waals surface area (Å²) in [5.41, 5.74) is 0.623. The number of carbonyl (C=O) groups is 1. The number of amides is 1. The van der Waals surface area contributed by atoms with E-state index in [9.17, 15) is 13.2 Å². The number of thiophene rings is 1. The largest absolute Gasteiger partial charge is 0.353 e. The Morgan fingerprint density at radius 2 is 2.15 bits per heavy atom. The second kappa shape index (κ2) is 8.07. The summed E-state index contributed by atoms with van der Waals surface area (Å²) in [7, 11) is -3.59. The van der Waals surface area contributed by atoms with Gasteiger partial charge in [0.05, 0.1) is 0 Å². The van der Waals surface area contributed by atoms with Crippen LogP contribution >= 0.6 is 11.3 Å². The van der Waals surface area contributed by atoms with Gasteiger partial charge >= 0.3 is 0 Å². The summed E-state index contributed by atoms with van der Waals surface area (Å²) in [4.78, 5) is 16.4. The van der Waals surface area contributed by atoms with Gasteiger partial charge in [0.1, 0.15) is 4.21 Å². The molecule has 0 bridgehead atoms. The van der Waals surface area contributed by atoms with Crippen molar-refractivity contribution in [1.82, 2.24) is 19.8 Å². The third-order valence-corrected chi connectivity index (χ3v) is 8.09. The van der Waals surface area contributed by atoms with Crippen LogP contribution in [0.3, 0.4) is 0 Å². The van der Waals surface area contributed by atoms with E-state index < -0.39 is 10.0 Å². The van der Waals surface area contributed by atoms with Crippen molar-refractivity contribution in [3.05, 3.63) is 17.3 Å². The molecule has 3 rings (SSSR count). The van der Waals surface area contributed by atoms with Gasteiger partial charge in [0.2, 0.25) is 17.6 Å². The Kier molecular flexibility index (Phi) is 5.97. The molecule has 148 valence electrons. The standard InChI is InChI=1S/C17H24N4O4S2/c1-4-11(2)18-17(22)13-5-7-21(8-6-13)27(23,24)15-9-14(10-26-15)16-19-12(3)25-20-16/h9-11,13H,4-8H2,1-3H3,(H,18,22)/t11-/m1/s1. The first-order chi connectivity index (χ1) is 12.8. The van der Waals surface area contributed by atoms with Gasteiger partial charge in [0, 0.05) is 42.9 Å². The Morgan fingerprint density at radius 1 is 1.44 bits per heavy atom. The maximum Gasteiger partial charge on any atom is 0.252 e. The third kappa shape index (κ3) is 4.39. The lowest BCUT2D eigenvalue weighted by Gasteiger charge is -2.30. The van der Waals surface area contributed by atoms with Crippen LogP contribution in [0.15, 0.2) is 20.2 Å². The highest BCUT2D eigenvalue weighted by Crippen LogP contribution is 2.31. The molecule has 2 aromatic rings. The van der Waals surface area contributed by atoms with Crippen molar-refractivity contribution in [1.29, 1.82) is 0 Å². The van der Waals surface area contributed by atoms with Gasteiger partial charge in [-0.15, -0.1) is 11.3 Å². The molecule has 0 radical (unpaired) electrons. The van der Waals surface area contributed by atoms with Gasteiger partial charge in [0.25, 0.3) is 10.0 Å². The molecule has 1 N–H and O–H groups in total. The van der Waals surface area contributed by atoms with Gasteiger partial charge in [0.15, 0.2) is 0 Å². The number of aromatic nitrogens is 2. The first kappa shape index (κ1) is 20.0. The third-order valence-electron chi connectivity index (χ3n) is 4.78. The topological polar surface area (TPSA) is 105 Å². The Morgan fingerprint density at radius 3 is 2.74 bits per heavy atom. The number of aryl methyl sites for hydroxylation is 1. The number of piperidine rings is 1. The molecule has 1 aliphatic heterocycles. The molecular weight excluding hydrogens is 388 g/mol. The minimum absolute atomic E-state index is 0.0206. The van der Waals surface area contributed by atoms with Crippen LogP contribution < -0.4 is 5.32 Å². The SMILES string of the molecule is CC[C@@H](C)NC(=O)C1CCN(S(=O)(=O)c2cc(-c3noc(C)n3)cs2)CC1. The fourth-order valence-electron chi connectivity index (χ4n) is 2.93. The Bertz CT molecular complexity index is 898. The van der Waals surface area contributed by atoms with Crippen LogP contribution in [-0.4, -0.2) is 47.9 Å². The van der Waals surface area contributed by atoms with Crippen molar-refractivity contribution >= 4 is 27.3 Å². The summed E-state index contributed by atoms with van der Waals surface area (Å²) in [6.45, 7) is 6.36. The number of sulfonamides is 1. The van der Waals surface area contributed by atoms with E-state index in [1.807, 2.05) is 13.8 Å². The number of nitrogens with one attached hydrogen (secondary N) is 1. The molecule has 0 spiro atoms. The molecule has 2 aromatic heterocycles. The molecule has 0 aromatic carbocycles. The molecule has 27 heavy (non-hydrogen) atoms. The number of hydrogen-bond donors (Lipinski definition) is 1. The second-order valence-corrected chi connectivity index (χ2v) is 9.86. The van der Waals surface area contributed by atoms with E-state index in [0.29, 0.717) is 43.2 Å². The molecule has 8 nitrogen and oxygen atoms in total. The smallest absolute Gasteiger partial charge is 0.252 e. The number of hydrogen-bond acceptors (Lipinski definition) is 7. The van der Waals surface area contributed by atoms with Gasteiger partial charge in [-0.2, -0.15) is 9.29 Å². The Labute approximate surface area is 163 Å². The van der Waals surface area contributed by atoms with Crippen LogP contribution in [0.1, 0.15) is 39.0 Å². The minimum atomic E-state index is -3.59. The average molecular weight is 413 g/mol. The van der Waals surface area contributed by atoms with Crippen molar-refractivity contribution in [2.24, 2.45) is 5.92 Å². The van der Waals surface area contributed by atoms with Crippen LogP contribution in [-0.2, 0) is 14.8 Å². The van der Waals surface area contributed by atoms with Gasteiger partial charge in [-0.3, -0.25) is 4.79 Å². The summed E-state index contributed by atoms with van der Waals surface area (Å²) < 4.78 is 32.5. The number of nitrogens with zero attached hydrogens (tertiary/aromatic N) is 3. The summed E-state index contributed by atoms with van der Waals surface area (Å²) in [6, 6.07) is 1.71. The van der Waals surface area contributed by atoms with Gasteiger partial charge in [-0.1, -0.05) is 12.1 Å².